The highest BCUT2D eigenvalue weighted by molar-refractivity contribution is 6.33. The summed E-state index contributed by atoms with van der Waals surface area (Å²) >= 11 is 6.45. The van der Waals surface area contributed by atoms with E-state index in [1.807, 2.05) is 13.8 Å². The third-order valence-corrected chi connectivity index (χ3v) is 4.21. The SMILES string of the molecule is CCc1nn(CC)c(-c2ccc(CCC(F)(F)F)cc2OC)c1Cl. The molecule has 7 heteroatoms. The molecule has 0 spiro atoms. The molecule has 0 amide bonds. The van der Waals surface area contributed by atoms with Gasteiger partial charge in [0.15, 0.2) is 0 Å². The van der Waals surface area contributed by atoms with Crippen LogP contribution in [-0.2, 0) is 19.4 Å². The monoisotopic (exact) mass is 360 g/mol. The highest BCUT2D eigenvalue weighted by Crippen LogP contribution is 2.38. The zero-order valence-corrected chi connectivity index (χ0v) is 14.6. The van der Waals surface area contributed by atoms with Crippen molar-refractivity contribution in [2.45, 2.75) is 45.8 Å². The van der Waals surface area contributed by atoms with Crippen molar-refractivity contribution >= 4 is 11.6 Å². The number of rotatable bonds is 6. The summed E-state index contributed by atoms with van der Waals surface area (Å²) < 4.78 is 44.4. The van der Waals surface area contributed by atoms with Crippen LogP contribution in [0.1, 0.15) is 31.5 Å². The summed E-state index contributed by atoms with van der Waals surface area (Å²) in [7, 11) is 1.49. The number of halogens is 4. The number of benzene rings is 1. The molecule has 0 saturated carbocycles. The minimum Gasteiger partial charge on any atom is -0.496 e. The highest BCUT2D eigenvalue weighted by atomic mass is 35.5. The largest absolute Gasteiger partial charge is 0.496 e. The van der Waals surface area contributed by atoms with Crippen LogP contribution < -0.4 is 4.74 Å². The molecule has 132 valence electrons. The second-order valence-electron chi connectivity index (χ2n) is 5.43. The molecule has 0 radical (unpaired) electrons. The quantitative estimate of drug-likeness (QED) is 0.700. The lowest BCUT2D eigenvalue weighted by atomic mass is 10.0. The second kappa shape index (κ2) is 7.47. The molecule has 0 bridgehead atoms. The third-order valence-electron chi connectivity index (χ3n) is 3.81. The Bertz CT molecular complexity index is 711. The average molecular weight is 361 g/mol. The fourth-order valence-corrected chi connectivity index (χ4v) is 2.95. The zero-order chi connectivity index (χ0) is 17.9. The van der Waals surface area contributed by atoms with Crippen molar-refractivity contribution in [3.8, 4) is 17.0 Å². The lowest BCUT2D eigenvalue weighted by Gasteiger charge is -2.13. The third kappa shape index (κ3) is 4.04. The van der Waals surface area contributed by atoms with E-state index in [2.05, 4.69) is 5.10 Å². The first-order valence-electron chi connectivity index (χ1n) is 7.79. The fraction of sp³-hybridized carbons (Fsp3) is 0.471. The van der Waals surface area contributed by atoms with Crippen LogP contribution in [0.4, 0.5) is 13.2 Å². The molecule has 0 N–H and O–H groups in total. The lowest BCUT2D eigenvalue weighted by Crippen LogP contribution is -2.08. The molecule has 1 aromatic carbocycles. The van der Waals surface area contributed by atoms with Crippen molar-refractivity contribution in [1.29, 1.82) is 0 Å². The van der Waals surface area contributed by atoms with Gasteiger partial charge in [-0.25, -0.2) is 0 Å². The number of aryl methyl sites for hydroxylation is 3. The summed E-state index contributed by atoms with van der Waals surface area (Å²) in [5.74, 6) is 0.494. The van der Waals surface area contributed by atoms with Crippen LogP contribution in [0, 0.1) is 0 Å². The van der Waals surface area contributed by atoms with Gasteiger partial charge in [0, 0.05) is 18.5 Å². The van der Waals surface area contributed by atoms with Crippen molar-refractivity contribution in [1.82, 2.24) is 9.78 Å². The minimum atomic E-state index is -4.17. The van der Waals surface area contributed by atoms with Crippen LogP contribution >= 0.6 is 11.6 Å². The molecule has 2 rings (SSSR count). The summed E-state index contributed by atoms with van der Waals surface area (Å²) in [4.78, 5) is 0. The molecular formula is C17H20ClF3N2O. The van der Waals surface area contributed by atoms with Crippen molar-refractivity contribution in [2.24, 2.45) is 0 Å². The lowest BCUT2D eigenvalue weighted by molar-refractivity contribution is -0.134. The van der Waals surface area contributed by atoms with Crippen molar-refractivity contribution < 1.29 is 17.9 Å². The summed E-state index contributed by atoms with van der Waals surface area (Å²) in [5.41, 5.74) is 2.82. The van der Waals surface area contributed by atoms with E-state index in [-0.39, 0.29) is 6.42 Å². The average Bonchev–Trinajstić information content (AvgIpc) is 2.87. The van der Waals surface area contributed by atoms with Gasteiger partial charge in [0.25, 0.3) is 0 Å². The molecule has 0 saturated heterocycles. The van der Waals surface area contributed by atoms with E-state index < -0.39 is 12.6 Å². The maximum absolute atomic E-state index is 12.4. The van der Waals surface area contributed by atoms with Gasteiger partial charge in [-0.05, 0) is 37.5 Å². The molecular weight excluding hydrogens is 341 g/mol. The van der Waals surface area contributed by atoms with Gasteiger partial charge in [0.05, 0.1) is 23.5 Å². The number of hydrogen-bond acceptors (Lipinski definition) is 2. The van der Waals surface area contributed by atoms with Gasteiger partial charge in [0.2, 0.25) is 0 Å². The van der Waals surface area contributed by atoms with E-state index in [1.165, 1.54) is 7.11 Å². The molecule has 1 heterocycles. The molecule has 0 aliphatic carbocycles. The molecule has 0 fully saturated rings. The molecule has 3 nitrogen and oxygen atoms in total. The van der Waals surface area contributed by atoms with Crippen LogP contribution in [0.15, 0.2) is 18.2 Å². The number of methoxy groups -OCH3 is 1. The van der Waals surface area contributed by atoms with Gasteiger partial charge in [0.1, 0.15) is 5.75 Å². The predicted molar refractivity (Wildman–Crippen MR) is 88.7 cm³/mol. The summed E-state index contributed by atoms with van der Waals surface area (Å²) in [5, 5.41) is 5.03. The van der Waals surface area contributed by atoms with E-state index in [0.717, 1.165) is 17.0 Å². The van der Waals surface area contributed by atoms with Gasteiger partial charge in [-0.2, -0.15) is 18.3 Å². The van der Waals surface area contributed by atoms with Gasteiger partial charge >= 0.3 is 6.18 Å². The van der Waals surface area contributed by atoms with E-state index in [1.54, 1.807) is 22.9 Å². The first-order chi connectivity index (χ1) is 11.3. The van der Waals surface area contributed by atoms with Crippen LogP contribution in [-0.4, -0.2) is 23.1 Å². The Balaban J connectivity index is 2.43. The zero-order valence-electron chi connectivity index (χ0n) is 13.9. The first-order valence-corrected chi connectivity index (χ1v) is 8.17. The predicted octanol–water partition coefficient (Wildman–Crippen LogP) is 5.29. The number of aromatic nitrogens is 2. The number of ether oxygens (including phenoxy) is 1. The molecule has 1 aromatic heterocycles. The number of nitrogens with zero attached hydrogens (tertiary/aromatic N) is 2. The second-order valence-corrected chi connectivity index (χ2v) is 5.81. The number of hydrogen-bond donors (Lipinski definition) is 0. The molecule has 24 heavy (non-hydrogen) atoms. The van der Waals surface area contributed by atoms with Crippen molar-refractivity contribution in [2.75, 3.05) is 7.11 Å². The van der Waals surface area contributed by atoms with Gasteiger partial charge < -0.3 is 4.74 Å². The van der Waals surface area contributed by atoms with Gasteiger partial charge in [-0.3, -0.25) is 4.68 Å². The normalized spacial score (nSPS) is 11.8. The van der Waals surface area contributed by atoms with Crippen LogP contribution in [0.2, 0.25) is 5.02 Å². The summed E-state index contributed by atoms with van der Waals surface area (Å²) in [6.45, 7) is 4.56. The molecule has 0 aliphatic rings. The summed E-state index contributed by atoms with van der Waals surface area (Å²) in [6, 6.07) is 5.06. The Kier molecular flexibility index (Phi) is 5.80. The maximum atomic E-state index is 12.4. The van der Waals surface area contributed by atoms with Crippen LogP contribution in [0.3, 0.4) is 0 Å². The van der Waals surface area contributed by atoms with Crippen LogP contribution in [0.5, 0.6) is 5.75 Å². The Hall–Kier alpha value is -1.69. The van der Waals surface area contributed by atoms with E-state index in [9.17, 15) is 13.2 Å². The Morgan fingerprint density at radius 2 is 1.96 bits per heavy atom. The van der Waals surface area contributed by atoms with Gasteiger partial charge in [-0.15, -0.1) is 0 Å². The molecule has 0 unspecified atom stereocenters. The van der Waals surface area contributed by atoms with Gasteiger partial charge in [-0.1, -0.05) is 24.6 Å². The topological polar surface area (TPSA) is 27.1 Å². The molecule has 2 aromatic rings. The van der Waals surface area contributed by atoms with E-state index in [0.29, 0.717) is 29.3 Å². The van der Waals surface area contributed by atoms with E-state index >= 15 is 0 Å². The minimum absolute atomic E-state index is 0.0822. The van der Waals surface area contributed by atoms with E-state index in [4.69, 9.17) is 16.3 Å². The smallest absolute Gasteiger partial charge is 0.389 e. The van der Waals surface area contributed by atoms with Crippen LogP contribution in [0.25, 0.3) is 11.3 Å². The summed E-state index contributed by atoms with van der Waals surface area (Å²) in [6.07, 6.45) is -4.42. The number of alkyl halides is 3. The Morgan fingerprint density at radius 3 is 2.50 bits per heavy atom. The first kappa shape index (κ1) is 18.6. The molecule has 0 atom stereocenters. The highest BCUT2D eigenvalue weighted by Gasteiger charge is 2.27. The Labute approximate surface area is 144 Å². The maximum Gasteiger partial charge on any atom is 0.389 e. The fourth-order valence-electron chi connectivity index (χ4n) is 2.57. The Morgan fingerprint density at radius 1 is 1.25 bits per heavy atom. The molecule has 0 aliphatic heterocycles. The van der Waals surface area contributed by atoms with Crippen molar-refractivity contribution in [3.63, 3.8) is 0 Å². The standard InChI is InChI=1S/C17H20ClF3N2O/c1-4-13-15(18)16(23(5-2)22-13)12-7-6-11(10-14(12)24-3)8-9-17(19,20)21/h6-7,10H,4-5,8-9H2,1-3H3. The van der Waals surface area contributed by atoms with Crippen molar-refractivity contribution in [3.05, 3.63) is 34.5 Å².